The topological polar surface area (TPSA) is 134 Å². The number of phosphoric ester groups is 1. The van der Waals surface area contributed by atoms with Gasteiger partial charge in [0.05, 0.1) is 13.2 Å². The highest BCUT2D eigenvalue weighted by atomic mass is 31.2. The summed E-state index contributed by atoms with van der Waals surface area (Å²) in [7, 11) is -4.43. The SMILES string of the molecule is CC/C=C\C/C=C\C/C=C\C/C=C\C/C=C\C/C=C\C/C=C\C/C=C\C/C=C\C/C=C\CCCCC(=O)OC(COC(=O)CCC/C=C\C/C=C\C/C=C\C/C=C\C/C=C\C/C=C\C/C=C\CC)COP(=O)(O)OCCN. The summed E-state index contributed by atoms with van der Waals surface area (Å²) in [4.78, 5) is 35.1. The van der Waals surface area contributed by atoms with Crippen LogP contribution in [0.15, 0.2) is 207 Å². The second kappa shape index (κ2) is 59.8. The molecule has 0 saturated carbocycles. The molecule has 0 heterocycles. The van der Waals surface area contributed by atoms with Crippen molar-refractivity contribution in [3.63, 3.8) is 0 Å². The molecule has 0 spiro atoms. The van der Waals surface area contributed by atoms with Crippen LogP contribution in [0.3, 0.4) is 0 Å². The Morgan fingerprint density at radius 2 is 0.675 bits per heavy atom. The van der Waals surface area contributed by atoms with Gasteiger partial charge in [-0.15, -0.1) is 0 Å². The average Bonchev–Trinajstić information content (AvgIpc) is 3.42. The molecule has 3 N–H and O–H groups in total. The van der Waals surface area contributed by atoms with Crippen molar-refractivity contribution in [1.29, 1.82) is 0 Å². The number of esters is 2. The van der Waals surface area contributed by atoms with Crippen molar-refractivity contribution in [2.45, 2.75) is 174 Å². The zero-order chi connectivity index (χ0) is 55.9. The number of nitrogens with two attached hydrogens (primary N) is 1. The van der Waals surface area contributed by atoms with Gasteiger partial charge in [0.1, 0.15) is 6.61 Å². The lowest BCUT2D eigenvalue weighted by molar-refractivity contribution is -0.161. The Bertz CT molecular complexity index is 2000. The molecule has 0 radical (unpaired) electrons. The van der Waals surface area contributed by atoms with Crippen LogP contribution in [0, 0.1) is 0 Å². The Labute approximate surface area is 468 Å². The maximum atomic E-state index is 12.7. The van der Waals surface area contributed by atoms with E-state index in [0.29, 0.717) is 19.3 Å². The highest BCUT2D eigenvalue weighted by Crippen LogP contribution is 2.43. The van der Waals surface area contributed by atoms with Crippen molar-refractivity contribution in [1.82, 2.24) is 0 Å². The third-order valence-electron chi connectivity index (χ3n) is 10.7. The number of carbonyl (C=O) groups is 2. The monoisotopic (exact) mass is 1080 g/mol. The molecule has 2 unspecified atom stereocenters. The molecule has 0 aliphatic carbocycles. The van der Waals surface area contributed by atoms with Crippen LogP contribution in [0.2, 0.25) is 0 Å². The van der Waals surface area contributed by atoms with Gasteiger partial charge in [0.25, 0.3) is 0 Å². The fourth-order valence-electron chi connectivity index (χ4n) is 6.53. The standard InChI is InChI=1S/C67H100NO8P/c1-3-5-7-9-11-13-15-17-19-21-23-25-27-28-29-30-31-32-33-34-35-36-38-40-42-44-46-48-50-52-54-56-58-60-67(70)76-65(64-75-77(71,72)74-62-61-68)63-73-66(69)59-57-55-53-51-49-47-45-43-41-39-37-26-24-22-20-18-16-14-12-10-8-6-4-2/h5-8,11-14,17-20,23-26,28-29,31-32,34-35,38-41,44-47,50-53,65H,3-4,9-10,15-16,21-22,27,30,33,36-37,42-43,48-49,54-64,68H2,1-2H3,(H,71,72)/b7-5-,8-6-,13-11-,14-12-,19-17-,20-18-,25-23-,26-24-,29-28-,32-31-,35-34-,40-38-,41-39-,46-44-,47-45-,52-50-,53-51-. The Kier molecular flexibility index (Phi) is 55.6. The van der Waals surface area contributed by atoms with Gasteiger partial charge in [-0.05, 0) is 141 Å². The molecule has 426 valence electrons. The number of allylic oxidation sites excluding steroid dienone is 34. The van der Waals surface area contributed by atoms with Gasteiger partial charge in [0.2, 0.25) is 0 Å². The first-order valence-electron chi connectivity index (χ1n) is 28.6. The van der Waals surface area contributed by atoms with Crippen LogP contribution < -0.4 is 5.73 Å². The van der Waals surface area contributed by atoms with Gasteiger partial charge < -0.3 is 20.1 Å². The van der Waals surface area contributed by atoms with Crippen molar-refractivity contribution < 1.29 is 37.6 Å². The lowest BCUT2D eigenvalue weighted by Crippen LogP contribution is -2.29. The number of phosphoric acid groups is 1. The van der Waals surface area contributed by atoms with Crippen LogP contribution in [-0.4, -0.2) is 49.3 Å². The van der Waals surface area contributed by atoms with Gasteiger partial charge in [0.15, 0.2) is 6.10 Å². The molecule has 10 heteroatoms. The van der Waals surface area contributed by atoms with E-state index in [2.05, 4.69) is 214 Å². The Hall–Kier alpha value is -5.41. The number of carbonyl (C=O) groups excluding carboxylic acids is 2. The van der Waals surface area contributed by atoms with Crippen LogP contribution in [0.25, 0.3) is 0 Å². The second-order valence-corrected chi connectivity index (χ2v) is 19.1. The Balaban J connectivity index is 4.26. The van der Waals surface area contributed by atoms with Crippen LogP contribution in [0.4, 0.5) is 0 Å². The van der Waals surface area contributed by atoms with E-state index in [4.69, 9.17) is 24.3 Å². The molecule has 0 amide bonds. The first-order chi connectivity index (χ1) is 37.8. The fourth-order valence-corrected chi connectivity index (χ4v) is 7.30. The maximum Gasteiger partial charge on any atom is 0.472 e. The molecule has 0 saturated heterocycles. The van der Waals surface area contributed by atoms with Crippen LogP contribution in [-0.2, 0) is 32.7 Å². The van der Waals surface area contributed by atoms with Crippen molar-refractivity contribution in [3.05, 3.63) is 207 Å². The van der Waals surface area contributed by atoms with Gasteiger partial charge in [-0.1, -0.05) is 220 Å². The first kappa shape index (κ1) is 71.6. The van der Waals surface area contributed by atoms with Crippen molar-refractivity contribution >= 4 is 19.8 Å². The number of hydrogen-bond donors (Lipinski definition) is 2. The van der Waals surface area contributed by atoms with Crippen molar-refractivity contribution in [2.75, 3.05) is 26.4 Å². The summed E-state index contributed by atoms with van der Waals surface area (Å²) in [5, 5.41) is 0. The van der Waals surface area contributed by atoms with Crippen LogP contribution in [0.1, 0.15) is 168 Å². The van der Waals surface area contributed by atoms with Gasteiger partial charge in [0, 0.05) is 19.4 Å². The third-order valence-corrected chi connectivity index (χ3v) is 11.6. The molecule has 0 aliphatic heterocycles. The molecule has 2 atom stereocenters. The van der Waals surface area contributed by atoms with E-state index in [0.717, 1.165) is 122 Å². The summed E-state index contributed by atoms with van der Waals surface area (Å²) in [5.41, 5.74) is 5.37. The summed E-state index contributed by atoms with van der Waals surface area (Å²) in [5.74, 6) is -0.972. The molecule has 0 aromatic rings. The molecule has 0 aromatic heterocycles. The fraction of sp³-hybridized carbons (Fsp3) is 0.463. The zero-order valence-electron chi connectivity index (χ0n) is 47.3. The smallest absolute Gasteiger partial charge is 0.462 e. The number of ether oxygens (including phenoxy) is 2. The van der Waals surface area contributed by atoms with E-state index in [9.17, 15) is 19.0 Å². The average molecular weight is 1080 g/mol. The summed E-state index contributed by atoms with van der Waals surface area (Å²) < 4.78 is 32.9. The predicted molar refractivity (Wildman–Crippen MR) is 329 cm³/mol. The molecule has 9 nitrogen and oxygen atoms in total. The van der Waals surface area contributed by atoms with Crippen LogP contribution in [0.5, 0.6) is 0 Å². The normalized spacial score (nSPS) is 14.6. The molecule has 0 bridgehead atoms. The maximum absolute atomic E-state index is 12.7. The molecule has 0 fully saturated rings. The highest BCUT2D eigenvalue weighted by molar-refractivity contribution is 7.47. The van der Waals surface area contributed by atoms with E-state index in [1.54, 1.807) is 0 Å². The van der Waals surface area contributed by atoms with Crippen LogP contribution >= 0.6 is 7.82 Å². The Morgan fingerprint density at radius 3 is 0.987 bits per heavy atom. The Morgan fingerprint density at radius 1 is 0.390 bits per heavy atom. The number of hydrogen-bond acceptors (Lipinski definition) is 8. The molecule has 0 aromatic carbocycles. The molecular formula is C67H100NO8P. The molecule has 0 rings (SSSR count). The number of rotatable bonds is 50. The summed E-state index contributed by atoms with van der Waals surface area (Å²) in [6.45, 7) is 3.35. The second-order valence-electron chi connectivity index (χ2n) is 17.7. The quantitative estimate of drug-likeness (QED) is 0.0264. The van der Waals surface area contributed by atoms with Crippen molar-refractivity contribution in [3.8, 4) is 0 Å². The van der Waals surface area contributed by atoms with Crippen molar-refractivity contribution in [2.24, 2.45) is 5.73 Å². The minimum absolute atomic E-state index is 0.0252. The van der Waals surface area contributed by atoms with Gasteiger partial charge in [-0.2, -0.15) is 0 Å². The van der Waals surface area contributed by atoms with Gasteiger partial charge in [-0.25, -0.2) is 4.57 Å². The summed E-state index contributed by atoms with van der Waals surface area (Å²) in [6.07, 6.45) is 93.2. The van der Waals surface area contributed by atoms with E-state index in [1.807, 2.05) is 6.08 Å². The van der Waals surface area contributed by atoms with E-state index >= 15 is 0 Å². The van der Waals surface area contributed by atoms with E-state index in [1.165, 1.54) is 0 Å². The first-order valence-corrected chi connectivity index (χ1v) is 30.1. The summed E-state index contributed by atoms with van der Waals surface area (Å²) >= 11 is 0. The van der Waals surface area contributed by atoms with E-state index in [-0.39, 0.29) is 32.6 Å². The minimum Gasteiger partial charge on any atom is -0.462 e. The highest BCUT2D eigenvalue weighted by Gasteiger charge is 2.26. The zero-order valence-corrected chi connectivity index (χ0v) is 48.2. The largest absolute Gasteiger partial charge is 0.472 e. The number of unbranched alkanes of at least 4 members (excludes halogenated alkanes) is 3. The summed E-state index contributed by atoms with van der Waals surface area (Å²) in [6, 6.07) is 0. The third kappa shape index (κ3) is 59.7. The van der Waals surface area contributed by atoms with Gasteiger partial charge in [-0.3, -0.25) is 18.6 Å². The predicted octanol–water partition coefficient (Wildman–Crippen LogP) is 18.4. The lowest BCUT2D eigenvalue weighted by Gasteiger charge is -2.19. The molecule has 0 aliphatic rings. The van der Waals surface area contributed by atoms with Gasteiger partial charge >= 0.3 is 19.8 Å². The molecule has 77 heavy (non-hydrogen) atoms. The van der Waals surface area contributed by atoms with E-state index < -0.39 is 32.5 Å². The minimum atomic E-state index is -4.43. The molecular weight excluding hydrogens is 978 g/mol. The lowest BCUT2D eigenvalue weighted by atomic mass is 10.2.